The van der Waals surface area contributed by atoms with E-state index in [-0.39, 0.29) is 16.9 Å². The summed E-state index contributed by atoms with van der Waals surface area (Å²) in [5.74, 6) is -1.05. The van der Waals surface area contributed by atoms with E-state index in [1.54, 1.807) is 12.3 Å². The van der Waals surface area contributed by atoms with Crippen molar-refractivity contribution < 1.29 is 18.3 Å². The van der Waals surface area contributed by atoms with Gasteiger partial charge in [-0.1, -0.05) is 13.8 Å². The minimum Gasteiger partial charge on any atom is -0.478 e. The topological polar surface area (TPSA) is 123 Å². The molecule has 0 radical (unpaired) electrons. The lowest BCUT2D eigenvalue weighted by Crippen LogP contribution is -2.14. The predicted octanol–water partition coefficient (Wildman–Crippen LogP) is 2.90. The molecule has 3 N–H and O–H groups in total. The normalized spacial score (nSPS) is 11.0. The molecule has 0 saturated heterocycles. The summed E-state index contributed by atoms with van der Waals surface area (Å²) in [6.45, 7) is 5.85. The molecule has 0 amide bonds. The van der Waals surface area contributed by atoms with Crippen LogP contribution in [0.5, 0.6) is 0 Å². The van der Waals surface area contributed by atoms with Crippen molar-refractivity contribution in [3.05, 3.63) is 65.1 Å². The third-order valence-electron chi connectivity index (χ3n) is 3.70. The van der Waals surface area contributed by atoms with Crippen LogP contribution in [-0.4, -0.2) is 29.5 Å². The van der Waals surface area contributed by atoms with Crippen LogP contribution in [0.1, 0.15) is 41.0 Å². The van der Waals surface area contributed by atoms with Crippen LogP contribution in [-0.2, 0) is 16.4 Å². The van der Waals surface area contributed by atoms with Crippen LogP contribution in [0.4, 0.5) is 0 Å². The van der Waals surface area contributed by atoms with Crippen molar-refractivity contribution in [2.75, 3.05) is 0 Å². The molecule has 0 aliphatic heterocycles. The minimum atomic E-state index is -3.96. The third-order valence-corrected chi connectivity index (χ3v) is 4.62. The summed E-state index contributed by atoms with van der Waals surface area (Å²) in [5.41, 5.74) is 2.48. The molecule has 8 heteroatoms. The van der Waals surface area contributed by atoms with Gasteiger partial charge in [0, 0.05) is 29.9 Å². The zero-order valence-electron chi connectivity index (χ0n) is 15.3. The molecule has 2 aromatic heterocycles. The summed E-state index contributed by atoms with van der Waals surface area (Å²) in [5, 5.41) is 15.0. The summed E-state index contributed by atoms with van der Waals surface area (Å²) < 4.78 is 23.8. The van der Waals surface area contributed by atoms with Crippen molar-refractivity contribution >= 4 is 26.9 Å². The number of aromatic carboxylic acids is 1. The largest absolute Gasteiger partial charge is 0.478 e. The summed E-state index contributed by atoms with van der Waals surface area (Å²) in [6.07, 6.45) is 3.26. The molecule has 1 aromatic carbocycles. The lowest BCUT2D eigenvalue weighted by Gasteiger charge is -2.09. The summed E-state index contributed by atoms with van der Waals surface area (Å²) in [6, 6.07) is 7.93. The summed E-state index contributed by atoms with van der Waals surface area (Å²) >= 11 is 0. The maximum atomic E-state index is 11.9. The zero-order valence-corrected chi connectivity index (χ0v) is 16.1. The number of aromatic nitrogens is 2. The Bertz CT molecular complexity index is 1100. The molecular formula is C19H21N3O4S. The minimum absolute atomic E-state index is 0.0608. The highest BCUT2D eigenvalue weighted by atomic mass is 32.2. The Morgan fingerprint density at radius 2 is 1.85 bits per heavy atom. The second-order valence-electron chi connectivity index (χ2n) is 5.74. The fourth-order valence-corrected chi connectivity index (χ4v) is 3.38. The van der Waals surface area contributed by atoms with Crippen LogP contribution in [0.15, 0.2) is 47.6 Å². The van der Waals surface area contributed by atoms with Crippen LogP contribution >= 0.6 is 0 Å². The molecular weight excluding hydrogens is 366 g/mol. The molecule has 0 bridgehead atoms. The van der Waals surface area contributed by atoms with E-state index in [4.69, 9.17) is 10.2 Å². The van der Waals surface area contributed by atoms with Gasteiger partial charge in [0.05, 0.1) is 11.1 Å². The quantitative estimate of drug-likeness (QED) is 0.709. The number of benzene rings is 1. The van der Waals surface area contributed by atoms with Gasteiger partial charge in [0.15, 0.2) is 0 Å². The Labute approximate surface area is 157 Å². The van der Waals surface area contributed by atoms with Crippen molar-refractivity contribution in [1.29, 1.82) is 0 Å². The van der Waals surface area contributed by atoms with E-state index in [2.05, 4.69) is 9.97 Å². The van der Waals surface area contributed by atoms with E-state index < -0.39 is 16.0 Å². The highest BCUT2D eigenvalue weighted by Crippen LogP contribution is 2.24. The van der Waals surface area contributed by atoms with Crippen molar-refractivity contribution in [2.45, 2.75) is 32.1 Å². The second kappa shape index (κ2) is 8.24. The Kier molecular flexibility index (Phi) is 6.24. The number of carbonyl (C=O) groups is 1. The molecule has 3 rings (SSSR count). The molecule has 0 aliphatic carbocycles. The van der Waals surface area contributed by atoms with Crippen molar-refractivity contribution in [1.82, 2.24) is 9.97 Å². The van der Waals surface area contributed by atoms with Crippen LogP contribution < -0.4 is 5.14 Å². The molecule has 0 spiro atoms. The number of carboxylic acids is 1. The average molecular weight is 387 g/mol. The van der Waals surface area contributed by atoms with Crippen molar-refractivity contribution in [3.63, 3.8) is 0 Å². The van der Waals surface area contributed by atoms with E-state index in [0.29, 0.717) is 22.2 Å². The molecule has 142 valence electrons. The molecule has 0 fully saturated rings. The number of primary sulfonamides is 1. The molecule has 2 heterocycles. The van der Waals surface area contributed by atoms with Gasteiger partial charge in [0.25, 0.3) is 0 Å². The Balaban J connectivity index is 0.00000126. The van der Waals surface area contributed by atoms with Crippen LogP contribution in [0.25, 0.3) is 10.9 Å². The fraction of sp³-hybridized carbons (Fsp3) is 0.211. The Morgan fingerprint density at radius 3 is 2.48 bits per heavy atom. The van der Waals surface area contributed by atoms with Gasteiger partial charge >= 0.3 is 5.97 Å². The van der Waals surface area contributed by atoms with Crippen molar-refractivity contribution in [3.8, 4) is 0 Å². The number of fused-ring (bicyclic) bond motifs is 1. The van der Waals surface area contributed by atoms with Gasteiger partial charge in [-0.3, -0.25) is 9.97 Å². The Hall–Kier alpha value is -2.84. The highest BCUT2D eigenvalue weighted by molar-refractivity contribution is 7.89. The number of pyridine rings is 2. The molecule has 0 aliphatic rings. The lowest BCUT2D eigenvalue weighted by molar-refractivity contribution is 0.0696. The summed E-state index contributed by atoms with van der Waals surface area (Å²) in [4.78, 5) is 19.3. The fourth-order valence-electron chi connectivity index (χ4n) is 2.62. The number of nitrogens with two attached hydrogens (primary N) is 1. The summed E-state index contributed by atoms with van der Waals surface area (Å²) in [7, 11) is -3.96. The zero-order chi connectivity index (χ0) is 20.2. The molecule has 0 atom stereocenters. The number of sulfonamides is 1. The standard InChI is InChI=1S/C17H15N3O4S.C2H6/c1-10-4-13-5-11(6-14-8-12(17(21)22)2-3-19-14)7-15(25(18,23)24)16(13)20-9-10;1-2/h2-5,7-9H,6H2,1H3,(H,21,22)(H2,18,23,24);1-2H3. The molecule has 0 unspecified atom stereocenters. The predicted molar refractivity (Wildman–Crippen MR) is 103 cm³/mol. The number of hydrogen-bond donors (Lipinski definition) is 2. The second-order valence-corrected chi connectivity index (χ2v) is 7.27. The van der Waals surface area contributed by atoms with E-state index >= 15 is 0 Å². The number of aryl methyl sites for hydroxylation is 1. The first-order valence-corrected chi connectivity index (χ1v) is 9.89. The van der Waals surface area contributed by atoms with Crippen molar-refractivity contribution in [2.24, 2.45) is 5.14 Å². The van der Waals surface area contributed by atoms with Gasteiger partial charge in [0.1, 0.15) is 4.90 Å². The SMILES string of the molecule is CC.Cc1cnc2c(S(N)(=O)=O)cc(Cc3cc(C(=O)O)ccn3)cc2c1. The van der Waals surface area contributed by atoms with Gasteiger partial charge in [0.2, 0.25) is 10.0 Å². The van der Waals surface area contributed by atoms with Crippen LogP contribution in [0.2, 0.25) is 0 Å². The first-order chi connectivity index (χ1) is 12.7. The van der Waals surface area contributed by atoms with E-state index in [9.17, 15) is 13.2 Å². The van der Waals surface area contributed by atoms with Gasteiger partial charge in [-0.25, -0.2) is 18.4 Å². The average Bonchev–Trinajstić information content (AvgIpc) is 2.62. The monoisotopic (exact) mass is 387 g/mol. The molecule has 7 nitrogen and oxygen atoms in total. The van der Waals surface area contributed by atoms with Gasteiger partial charge in [-0.2, -0.15) is 0 Å². The van der Waals surface area contributed by atoms with E-state index in [1.807, 2.05) is 26.8 Å². The smallest absolute Gasteiger partial charge is 0.335 e. The number of carboxylic acid groups (broad SMARTS) is 1. The van der Waals surface area contributed by atoms with E-state index in [1.165, 1.54) is 24.4 Å². The maximum absolute atomic E-state index is 11.9. The first kappa shape index (κ1) is 20.5. The molecule has 0 saturated carbocycles. The van der Waals surface area contributed by atoms with Crippen LogP contribution in [0, 0.1) is 6.92 Å². The lowest BCUT2D eigenvalue weighted by atomic mass is 10.0. The number of hydrogen-bond acceptors (Lipinski definition) is 5. The van der Waals surface area contributed by atoms with Gasteiger partial charge in [-0.05, 0) is 48.4 Å². The number of rotatable bonds is 4. The first-order valence-electron chi connectivity index (χ1n) is 8.34. The van der Waals surface area contributed by atoms with Crippen LogP contribution in [0.3, 0.4) is 0 Å². The maximum Gasteiger partial charge on any atom is 0.335 e. The molecule has 3 aromatic rings. The van der Waals surface area contributed by atoms with Gasteiger partial charge < -0.3 is 5.11 Å². The molecule has 27 heavy (non-hydrogen) atoms. The highest BCUT2D eigenvalue weighted by Gasteiger charge is 2.16. The van der Waals surface area contributed by atoms with E-state index in [0.717, 1.165) is 5.56 Å². The van der Waals surface area contributed by atoms with Gasteiger partial charge in [-0.15, -0.1) is 0 Å². The third kappa shape index (κ3) is 4.87. The number of nitrogens with zero attached hydrogens (tertiary/aromatic N) is 2. The Morgan fingerprint density at radius 1 is 1.15 bits per heavy atom.